The normalized spacial score (nSPS) is 10.3. The summed E-state index contributed by atoms with van der Waals surface area (Å²) in [5.41, 5.74) is 2.55. The van der Waals surface area contributed by atoms with Crippen LogP contribution in [-0.2, 0) is 10.4 Å². The Morgan fingerprint density at radius 3 is 1.00 bits per heavy atom. The predicted molar refractivity (Wildman–Crippen MR) is 115 cm³/mol. The van der Waals surface area contributed by atoms with Crippen molar-refractivity contribution in [3.8, 4) is 22.6 Å². The van der Waals surface area contributed by atoms with E-state index in [1.807, 2.05) is 12.1 Å². The molecule has 4 nitrogen and oxygen atoms in total. The molecule has 0 heterocycles. The maximum Gasteiger partial charge on any atom is 0.500 e. The molecule has 5 heteroatoms. The first kappa shape index (κ1) is 20.2. The zero-order valence-corrected chi connectivity index (χ0v) is 16.4. The van der Waals surface area contributed by atoms with Crippen LogP contribution in [0.25, 0.3) is 11.1 Å². The Balaban J connectivity index is 0.000000176. The van der Waals surface area contributed by atoms with E-state index >= 15 is 0 Å². The monoisotopic (exact) mass is 404 g/mol. The molecule has 0 atom stereocenters. The maximum atomic E-state index is 11.5. The maximum absolute atomic E-state index is 11.5. The second-order valence-corrected chi connectivity index (χ2v) is 7.08. The molecule has 0 unspecified atom stereocenters. The summed E-state index contributed by atoms with van der Waals surface area (Å²) in [6, 6.07) is 37.1. The third-order valence-electron chi connectivity index (χ3n) is 3.76. The van der Waals surface area contributed by atoms with Gasteiger partial charge in [0.2, 0.25) is 0 Å². The van der Waals surface area contributed by atoms with E-state index in [-0.39, 0.29) is 11.5 Å². The zero-order valence-electron chi connectivity index (χ0n) is 15.6. The SMILES string of the molecule is O=S(=O)(Oc1ccccc1)Oc1ccccc1.c1ccc(-c2ccccc2)cc1. The lowest BCUT2D eigenvalue weighted by Gasteiger charge is -2.07. The minimum absolute atomic E-state index is 0.212. The summed E-state index contributed by atoms with van der Waals surface area (Å²) in [5, 5.41) is 0. The Morgan fingerprint density at radius 1 is 0.414 bits per heavy atom. The van der Waals surface area contributed by atoms with Gasteiger partial charge in [0.05, 0.1) is 0 Å². The standard InChI is InChI=1S/C12H10O4S.C12H10/c13-17(14,15-11-7-3-1-4-8-11)16-12-9-5-2-6-10-12;1-3-7-11(8-4-1)12-9-5-2-6-10-12/h1-10H;1-10H. The molecule has 0 radical (unpaired) electrons. The van der Waals surface area contributed by atoms with Gasteiger partial charge in [-0.2, -0.15) is 0 Å². The number of para-hydroxylation sites is 2. The van der Waals surface area contributed by atoms with Gasteiger partial charge >= 0.3 is 10.4 Å². The van der Waals surface area contributed by atoms with Crippen LogP contribution in [0.3, 0.4) is 0 Å². The molecule has 0 N–H and O–H groups in total. The van der Waals surface area contributed by atoms with Gasteiger partial charge in [-0.25, -0.2) is 0 Å². The van der Waals surface area contributed by atoms with Crippen LogP contribution in [0.5, 0.6) is 11.5 Å². The highest BCUT2D eigenvalue weighted by atomic mass is 32.3. The second kappa shape index (κ2) is 10.1. The van der Waals surface area contributed by atoms with Crippen LogP contribution in [0, 0.1) is 0 Å². The van der Waals surface area contributed by atoms with Gasteiger partial charge in [0, 0.05) is 0 Å². The molecule has 0 fully saturated rings. The number of benzene rings is 4. The van der Waals surface area contributed by atoms with E-state index in [0.717, 1.165) is 0 Å². The minimum Gasteiger partial charge on any atom is -0.353 e. The van der Waals surface area contributed by atoms with Gasteiger partial charge in [-0.3, -0.25) is 0 Å². The van der Waals surface area contributed by atoms with Crippen LogP contribution >= 0.6 is 0 Å². The first-order chi connectivity index (χ1) is 14.1. The highest BCUT2D eigenvalue weighted by molar-refractivity contribution is 7.82. The molecule has 4 rings (SSSR count). The van der Waals surface area contributed by atoms with Gasteiger partial charge in [-0.1, -0.05) is 97.1 Å². The Bertz CT molecular complexity index is 998. The molecule has 4 aromatic rings. The van der Waals surface area contributed by atoms with E-state index in [0.29, 0.717) is 0 Å². The van der Waals surface area contributed by atoms with Crippen molar-refractivity contribution in [2.45, 2.75) is 0 Å². The van der Waals surface area contributed by atoms with Gasteiger partial charge in [0.1, 0.15) is 11.5 Å². The van der Waals surface area contributed by atoms with Crippen molar-refractivity contribution >= 4 is 10.4 Å². The molecular weight excluding hydrogens is 384 g/mol. The fraction of sp³-hybridized carbons (Fsp3) is 0. The van der Waals surface area contributed by atoms with Crippen molar-refractivity contribution in [2.75, 3.05) is 0 Å². The number of hydrogen-bond donors (Lipinski definition) is 0. The summed E-state index contributed by atoms with van der Waals surface area (Å²) in [4.78, 5) is 0. The topological polar surface area (TPSA) is 52.6 Å². The first-order valence-electron chi connectivity index (χ1n) is 8.97. The molecule has 0 spiro atoms. The van der Waals surface area contributed by atoms with Crippen molar-refractivity contribution in [3.63, 3.8) is 0 Å². The summed E-state index contributed by atoms with van der Waals surface area (Å²) < 4.78 is 32.6. The molecule has 4 aromatic carbocycles. The van der Waals surface area contributed by atoms with E-state index in [2.05, 4.69) is 48.5 Å². The molecular formula is C24H20O4S. The van der Waals surface area contributed by atoms with Gasteiger partial charge < -0.3 is 8.37 Å². The summed E-state index contributed by atoms with van der Waals surface area (Å²) in [7, 11) is -4.09. The summed E-state index contributed by atoms with van der Waals surface area (Å²) >= 11 is 0. The van der Waals surface area contributed by atoms with E-state index < -0.39 is 10.4 Å². The van der Waals surface area contributed by atoms with Crippen LogP contribution in [-0.4, -0.2) is 8.42 Å². The predicted octanol–water partition coefficient (Wildman–Crippen LogP) is 5.74. The van der Waals surface area contributed by atoms with Crippen molar-refractivity contribution in [3.05, 3.63) is 121 Å². The fourth-order valence-corrected chi connectivity index (χ4v) is 3.19. The molecule has 146 valence electrons. The Morgan fingerprint density at radius 2 is 0.690 bits per heavy atom. The highest BCUT2D eigenvalue weighted by Crippen LogP contribution is 2.17. The lowest BCUT2D eigenvalue weighted by atomic mass is 10.1. The smallest absolute Gasteiger partial charge is 0.353 e. The van der Waals surface area contributed by atoms with Gasteiger partial charge in [0.15, 0.2) is 0 Å². The van der Waals surface area contributed by atoms with Crippen LogP contribution in [0.2, 0.25) is 0 Å². The highest BCUT2D eigenvalue weighted by Gasteiger charge is 2.14. The van der Waals surface area contributed by atoms with E-state index in [1.54, 1.807) is 36.4 Å². The van der Waals surface area contributed by atoms with E-state index in [4.69, 9.17) is 8.37 Å². The van der Waals surface area contributed by atoms with Crippen LogP contribution in [0.4, 0.5) is 0 Å². The average Bonchev–Trinajstić information content (AvgIpc) is 2.76. The third-order valence-corrected chi connectivity index (χ3v) is 4.56. The second-order valence-electron chi connectivity index (χ2n) is 5.93. The van der Waals surface area contributed by atoms with Gasteiger partial charge in [0.25, 0.3) is 0 Å². The summed E-state index contributed by atoms with van der Waals surface area (Å²) in [6.45, 7) is 0. The molecule has 0 aliphatic heterocycles. The van der Waals surface area contributed by atoms with Crippen molar-refractivity contribution in [2.24, 2.45) is 0 Å². The summed E-state index contributed by atoms with van der Waals surface area (Å²) in [5.74, 6) is 0.423. The van der Waals surface area contributed by atoms with E-state index in [9.17, 15) is 8.42 Å². The molecule has 0 bridgehead atoms. The molecule has 0 aliphatic rings. The lowest BCUT2D eigenvalue weighted by molar-refractivity contribution is 0.392. The number of rotatable bonds is 5. The zero-order chi connectivity index (χ0) is 20.4. The lowest BCUT2D eigenvalue weighted by Crippen LogP contribution is -2.16. The first-order valence-corrected chi connectivity index (χ1v) is 10.3. The number of hydrogen-bond acceptors (Lipinski definition) is 4. The average molecular weight is 404 g/mol. The molecule has 29 heavy (non-hydrogen) atoms. The molecule has 0 aromatic heterocycles. The van der Waals surface area contributed by atoms with Crippen molar-refractivity contribution in [1.82, 2.24) is 0 Å². The Hall–Kier alpha value is -3.57. The quantitative estimate of drug-likeness (QED) is 0.425. The molecule has 0 aliphatic carbocycles. The van der Waals surface area contributed by atoms with Gasteiger partial charge in [-0.05, 0) is 35.4 Å². The fourth-order valence-electron chi connectivity index (χ4n) is 2.47. The molecule has 0 amide bonds. The van der Waals surface area contributed by atoms with Crippen LogP contribution < -0.4 is 8.37 Å². The molecule has 0 saturated heterocycles. The third kappa shape index (κ3) is 6.83. The van der Waals surface area contributed by atoms with Crippen LogP contribution in [0.15, 0.2) is 121 Å². The largest absolute Gasteiger partial charge is 0.500 e. The molecule has 0 saturated carbocycles. The Labute approximate surface area is 171 Å². The summed E-state index contributed by atoms with van der Waals surface area (Å²) in [6.07, 6.45) is 0. The van der Waals surface area contributed by atoms with Gasteiger partial charge in [-0.15, -0.1) is 8.42 Å². The van der Waals surface area contributed by atoms with E-state index in [1.165, 1.54) is 35.4 Å². The van der Waals surface area contributed by atoms with Crippen molar-refractivity contribution < 1.29 is 16.8 Å². The van der Waals surface area contributed by atoms with Crippen molar-refractivity contribution in [1.29, 1.82) is 0 Å². The van der Waals surface area contributed by atoms with Crippen LogP contribution in [0.1, 0.15) is 0 Å². The minimum atomic E-state index is -4.09. The Kier molecular flexibility index (Phi) is 7.03.